The molecule has 1 amide bonds. The first kappa shape index (κ1) is 16.1. The van der Waals surface area contributed by atoms with E-state index in [0.29, 0.717) is 30.3 Å². The minimum atomic E-state index is -0.183. The third-order valence-corrected chi connectivity index (χ3v) is 4.19. The van der Waals surface area contributed by atoms with Crippen LogP contribution in [-0.2, 0) is 0 Å². The molecule has 0 saturated carbocycles. The topological polar surface area (TPSA) is 78.3 Å². The van der Waals surface area contributed by atoms with Gasteiger partial charge in [-0.15, -0.1) is 0 Å². The highest BCUT2D eigenvalue weighted by Gasteiger charge is 2.16. The molecule has 26 heavy (non-hydrogen) atoms. The Balaban J connectivity index is 1.45. The predicted octanol–water partition coefficient (Wildman–Crippen LogP) is 2.53. The normalized spacial score (nSPS) is 13.9. The van der Waals surface area contributed by atoms with Crippen molar-refractivity contribution in [2.45, 2.75) is 13.0 Å². The number of carbonyl (C=O) groups is 1. The van der Waals surface area contributed by atoms with Crippen LogP contribution < -0.4 is 14.8 Å². The Morgan fingerprint density at radius 1 is 1.19 bits per heavy atom. The van der Waals surface area contributed by atoms with E-state index in [1.165, 1.54) is 0 Å². The molecule has 3 heterocycles. The number of hydrogen-bond acceptors (Lipinski definition) is 5. The van der Waals surface area contributed by atoms with Gasteiger partial charge in [0.1, 0.15) is 25.4 Å². The largest absolute Gasteiger partial charge is 0.486 e. The molecule has 3 aromatic rings. The number of imidazole rings is 1. The van der Waals surface area contributed by atoms with Crippen LogP contribution in [0.25, 0.3) is 5.82 Å². The van der Waals surface area contributed by atoms with E-state index in [1.54, 1.807) is 41.6 Å². The van der Waals surface area contributed by atoms with E-state index in [0.717, 1.165) is 11.3 Å². The first-order chi connectivity index (χ1) is 12.7. The fourth-order valence-electron chi connectivity index (χ4n) is 2.76. The lowest BCUT2D eigenvalue weighted by molar-refractivity contribution is 0.0939. The van der Waals surface area contributed by atoms with Gasteiger partial charge in [0.05, 0.1) is 11.6 Å². The van der Waals surface area contributed by atoms with Crippen molar-refractivity contribution in [3.05, 3.63) is 66.4 Å². The second kappa shape index (κ2) is 6.87. The molecule has 0 radical (unpaired) electrons. The second-order valence-electron chi connectivity index (χ2n) is 5.97. The zero-order valence-corrected chi connectivity index (χ0v) is 14.3. The molecule has 7 heteroatoms. The van der Waals surface area contributed by atoms with Gasteiger partial charge >= 0.3 is 0 Å². The van der Waals surface area contributed by atoms with Crippen LogP contribution in [0.2, 0.25) is 0 Å². The van der Waals surface area contributed by atoms with Crippen LogP contribution in [0.1, 0.15) is 28.9 Å². The van der Waals surface area contributed by atoms with Crippen molar-refractivity contribution in [2.24, 2.45) is 0 Å². The van der Waals surface area contributed by atoms with Gasteiger partial charge in [0.25, 0.3) is 5.91 Å². The van der Waals surface area contributed by atoms with Crippen LogP contribution in [-0.4, -0.2) is 33.7 Å². The van der Waals surface area contributed by atoms with Gasteiger partial charge in [-0.05, 0) is 36.8 Å². The molecule has 4 rings (SSSR count). The van der Waals surface area contributed by atoms with Crippen LogP contribution in [0.15, 0.2) is 55.2 Å². The third-order valence-electron chi connectivity index (χ3n) is 4.19. The van der Waals surface area contributed by atoms with Gasteiger partial charge in [-0.25, -0.2) is 9.97 Å². The molecule has 1 N–H and O–H groups in total. The Labute approximate surface area is 150 Å². The number of fused-ring (bicyclic) bond motifs is 1. The predicted molar refractivity (Wildman–Crippen MR) is 94.7 cm³/mol. The summed E-state index contributed by atoms with van der Waals surface area (Å²) in [5.41, 5.74) is 1.45. The lowest BCUT2D eigenvalue weighted by Gasteiger charge is -2.21. The monoisotopic (exact) mass is 350 g/mol. The maximum Gasteiger partial charge on any atom is 0.253 e. The minimum Gasteiger partial charge on any atom is -0.486 e. The fourth-order valence-corrected chi connectivity index (χ4v) is 2.76. The van der Waals surface area contributed by atoms with E-state index in [2.05, 4.69) is 15.3 Å². The van der Waals surface area contributed by atoms with Crippen molar-refractivity contribution in [3.63, 3.8) is 0 Å². The van der Waals surface area contributed by atoms with Crippen molar-refractivity contribution >= 4 is 5.91 Å². The number of ether oxygens (including phenoxy) is 2. The summed E-state index contributed by atoms with van der Waals surface area (Å²) < 4.78 is 12.9. The summed E-state index contributed by atoms with van der Waals surface area (Å²) in [6, 6.07) is 9.05. The van der Waals surface area contributed by atoms with E-state index in [1.807, 2.05) is 25.1 Å². The van der Waals surface area contributed by atoms with Crippen LogP contribution >= 0.6 is 0 Å². The maximum absolute atomic E-state index is 12.5. The average Bonchev–Trinajstić information content (AvgIpc) is 3.22. The Hall–Kier alpha value is -3.35. The molecule has 1 aromatic carbocycles. The molecule has 2 aromatic heterocycles. The zero-order chi connectivity index (χ0) is 17.9. The third kappa shape index (κ3) is 3.23. The molecule has 0 saturated heterocycles. The molecule has 0 aliphatic carbocycles. The van der Waals surface area contributed by atoms with Gasteiger partial charge in [-0.1, -0.05) is 6.07 Å². The molecule has 1 atom stereocenters. The highest BCUT2D eigenvalue weighted by Crippen LogP contribution is 2.32. The van der Waals surface area contributed by atoms with Gasteiger partial charge in [-0.2, -0.15) is 0 Å². The van der Waals surface area contributed by atoms with Gasteiger partial charge in [0, 0.05) is 18.6 Å². The fraction of sp³-hybridized carbons (Fsp3) is 0.211. The maximum atomic E-state index is 12.5. The Morgan fingerprint density at radius 3 is 2.77 bits per heavy atom. The summed E-state index contributed by atoms with van der Waals surface area (Å²) in [5, 5.41) is 2.98. The molecule has 0 spiro atoms. The summed E-state index contributed by atoms with van der Waals surface area (Å²) in [5.74, 6) is 1.97. The lowest BCUT2D eigenvalue weighted by Crippen LogP contribution is -2.27. The molecule has 1 aliphatic rings. The molecule has 132 valence electrons. The van der Waals surface area contributed by atoms with E-state index in [-0.39, 0.29) is 11.9 Å². The number of benzene rings is 1. The number of pyridine rings is 1. The number of aromatic nitrogens is 3. The van der Waals surface area contributed by atoms with E-state index in [9.17, 15) is 4.79 Å². The van der Waals surface area contributed by atoms with Crippen molar-refractivity contribution < 1.29 is 14.3 Å². The quantitative estimate of drug-likeness (QED) is 0.782. The van der Waals surface area contributed by atoms with Crippen molar-refractivity contribution in [1.29, 1.82) is 0 Å². The Kier molecular flexibility index (Phi) is 4.27. The van der Waals surface area contributed by atoms with Crippen LogP contribution in [0.3, 0.4) is 0 Å². The highest BCUT2D eigenvalue weighted by molar-refractivity contribution is 5.94. The molecule has 0 bridgehead atoms. The van der Waals surface area contributed by atoms with Crippen LogP contribution in [0, 0.1) is 0 Å². The molecular formula is C19H18N4O3. The van der Waals surface area contributed by atoms with Crippen molar-refractivity contribution in [2.75, 3.05) is 13.2 Å². The molecule has 0 unspecified atom stereocenters. The van der Waals surface area contributed by atoms with Crippen molar-refractivity contribution in [3.8, 4) is 17.3 Å². The van der Waals surface area contributed by atoms with Gasteiger partial charge < -0.3 is 14.8 Å². The zero-order valence-electron chi connectivity index (χ0n) is 14.3. The summed E-state index contributed by atoms with van der Waals surface area (Å²) in [6.45, 7) is 3.02. The summed E-state index contributed by atoms with van der Waals surface area (Å²) in [6.07, 6.45) is 6.69. The average molecular weight is 350 g/mol. The number of nitrogens with zero attached hydrogens (tertiary/aromatic N) is 3. The lowest BCUT2D eigenvalue weighted by atomic mass is 10.1. The molecular weight excluding hydrogens is 332 g/mol. The first-order valence-electron chi connectivity index (χ1n) is 8.35. The number of carbonyl (C=O) groups excluding carboxylic acids is 1. The second-order valence-corrected chi connectivity index (χ2v) is 5.97. The number of amides is 1. The molecule has 0 fully saturated rings. The molecule has 1 aliphatic heterocycles. The highest BCUT2D eigenvalue weighted by atomic mass is 16.6. The van der Waals surface area contributed by atoms with E-state index >= 15 is 0 Å². The minimum absolute atomic E-state index is 0.174. The Morgan fingerprint density at radius 2 is 2.04 bits per heavy atom. The standard InChI is InChI=1S/C19H18N4O3/c1-13(14-2-4-16-17(10-14)26-9-8-25-16)22-19(24)15-3-5-18(21-11-15)23-7-6-20-12-23/h2-7,10-13H,8-9H2,1H3,(H,22,24)/t13-/m1/s1. The SMILES string of the molecule is C[C@@H](NC(=O)c1ccc(-n2ccnc2)nc1)c1ccc2c(c1)OCCO2. The summed E-state index contributed by atoms with van der Waals surface area (Å²) in [4.78, 5) is 20.8. The van der Waals surface area contributed by atoms with Crippen LogP contribution in [0.5, 0.6) is 11.5 Å². The Bertz CT molecular complexity index is 907. The molecule has 7 nitrogen and oxygen atoms in total. The van der Waals surface area contributed by atoms with E-state index < -0.39 is 0 Å². The van der Waals surface area contributed by atoms with Gasteiger partial charge in [0.2, 0.25) is 0 Å². The van der Waals surface area contributed by atoms with Crippen LogP contribution in [0.4, 0.5) is 0 Å². The summed E-state index contributed by atoms with van der Waals surface area (Å²) in [7, 11) is 0. The first-order valence-corrected chi connectivity index (χ1v) is 8.35. The summed E-state index contributed by atoms with van der Waals surface area (Å²) >= 11 is 0. The number of hydrogen-bond donors (Lipinski definition) is 1. The van der Waals surface area contributed by atoms with E-state index in [4.69, 9.17) is 9.47 Å². The van der Waals surface area contributed by atoms with Gasteiger partial charge in [0.15, 0.2) is 11.5 Å². The smallest absolute Gasteiger partial charge is 0.253 e. The number of rotatable bonds is 4. The van der Waals surface area contributed by atoms with Gasteiger partial charge in [-0.3, -0.25) is 9.36 Å². The van der Waals surface area contributed by atoms with Crippen molar-refractivity contribution in [1.82, 2.24) is 19.9 Å². The number of nitrogens with one attached hydrogen (secondary N) is 1.